The number of hydrogen-bond donors (Lipinski definition) is 0. The summed E-state index contributed by atoms with van der Waals surface area (Å²) in [7, 11) is 1.41. The van der Waals surface area contributed by atoms with E-state index in [0.29, 0.717) is 0 Å². The number of methoxy groups -OCH3 is 1. The zero-order valence-electron chi connectivity index (χ0n) is 13.4. The van der Waals surface area contributed by atoms with Crippen LogP contribution in [-0.2, 0) is 4.74 Å². The summed E-state index contributed by atoms with van der Waals surface area (Å²) < 4.78 is 4.92. The molecule has 1 atom stereocenters. The molecule has 0 radical (unpaired) electrons. The lowest BCUT2D eigenvalue weighted by Gasteiger charge is -2.30. The van der Waals surface area contributed by atoms with E-state index >= 15 is 0 Å². The van der Waals surface area contributed by atoms with E-state index < -0.39 is 0 Å². The Balaban J connectivity index is 2.46. The van der Waals surface area contributed by atoms with E-state index in [-0.39, 0.29) is 23.0 Å². The molecule has 0 bridgehead atoms. The quantitative estimate of drug-likeness (QED) is 0.676. The highest BCUT2D eigenvalue weighted by molar-refractivity contribution is 6.12. The average molecular weight is 276 g/mol. The maximum absolute atomic E-state index is 12.1. The highest BCUT2D eigenvalue weighted by atomic mass is 16.5. The van der Waals surface area contributed by atoms with E-state index in [9.17, 15) is 4.79 Å². The molecule has 2 aliphatic heterocycles. The minimum Gasteiger partial charge on any atom is -0.452 e. The van der Waals surface area contributed by atoms with Crippen LogP contribution < -0.4 is 0 Å². The molecule has 0 aliphatic carbocycles. The highest BCUT2D eigenvalue weighted by Crippen LogP contribution is 2.43. The molecule has 2 heterocycles. The molecule has 2 rings (SSSR count). The third-order valence-electron chi connectivity index (χ3n) is 3.78. The van der Waals surface area contributed by atoms with Crippen molar-refractivity contribution < 1.29 is 9.53 Å². The number of aliphatic imine (C=N–C) groups is 1. The smallest absolute Gasteiger partial charge is 0.414 e. The fourth-order valence-corrected chi connectivity index (χ4v) is 2.65. The van der Waals surface area contributed by atoms with E-state index in [1.54, 1.807) is 4.90 Å². The van der Waals surface area contributed by atoms with E-state index in [4.69, 9.17) is 4.74 Å². The van der Waals surface area contributed by atoms with Gasteiger partial charge in [0.2, 0.25) is 0 Å². The predicted molar refractivity (Wildman–Crippen MR) is 80.5 cm³/mol. The van der Waals surface area contributed by atoms with Crippen molar-refractivity contribution in [3.8, 4) is 0 Å². The summed E-state index contributed by atoms with van der Waals surface area (Å²) in [5.41, 5.74) is 3.13. The van der Waals surface area contributed by atoms with Crippen molar-refractivity contribution in [2.75, 3.05) is 7.11 Å². The number of carbonyl (C=O) groups is 1. The molecule has 0 saturated heterocycles. The Morgan fingerprint density at radius 2 is 1.80 bits per heavy atom. The van der Waals surface area contributed by atoms with Crippen molar-refractivity contribution in [1.82, 2.24) is 4.90 Å². The molecule has 20 heavy (non-hydrogen) atoms. The van der Waals surface area contributed by atoms with Crippen molar-refractivity contribution in [3.05, 3.63) is 23.5 Å². The number of rotatable bonds is 0. The van der Waals surface area contributed by atoms with Gasteiger partial charge in [0.1, 0.15) is 6.04 Å². The summed E-state index contributed by atoms with van der Waals surface area (Å²) >= 11 is 0. The van der Waals surface area contributed by atoms with Crippen LogP contribution in [0.25, 0.3) is 0 Å². The molecule has 0 spiro atoms. The van der Waals surface area contributed by atoms with Gasteiger partial charge in [-0.1, -0.05) is 41.5 Å². The van der Waals surface area contributed by atoms with Crippen molar-refractivity contribution >= 4 is 11.8 Å². The van der Waals surface area contributed by atoms with Crippen LogP contribution in [0.2, 0.25) is 0 Å². The summed E-state index contributed by atoms with van der Waals surface area (Å²) in [6, 6.07) is -0.114. The Bertz CT molecular complexity index is 528. The molecular formula is C16H24N2O2. The first-order chi connectivity index (χ1) is 9.07. The van der Waals surface area contributed by atoms with Crippen LogP contribution >= 0.6 is 0 Å². The second-order valence-corrected chi connectivity index (χ2v) is 7.42. The fraction of sp³-hybridized carbons (Fsp3) is 0.625. The zero-order valence-corrected chi connectivity index (χ0v) is 13.4. The minimum absolute atomic E-state index is 0.0383. The number of ether oxygens (including phenoxy) is 1. The van der Waals surface area contributed by atoms with Gasteiger partial charge in [-0.3, -0.25) is 9.89 Å². The number of fused-ring (bicyclic) bond motifs is 1. The first-order valence-corrected chi connectivity index (χ1v) is 6.94. The van der Waals surface area contributed by atoms with Gasteiger partial charge in [-0.25, -0.2) is 4.79 Å². The van der Waals surface area contributed by atoms with Gasteiger partial charge in [0.15, 0.2) is 0 Å². The summed E-state index contributed by atoms with van der Waals surface area (Å²) in [4.78, 5) is 18.3. The number of nitrogens with zero attached hydrogens (tertiary/aromatic N) is 2. The zero-order chi connectivity index (χ0) is 15.3. The molecule has 0 aromatic rings. The highest BCUT2D eigenvalue weighted by Gasteiger charge is 2.46. The standard InChI is InChI=1S/C16H24N2O2/c1-15(2,3)10-8-17-12-11(16(4,5)6)9-18(13(10)12)14(19)20-7/h8-9,13H,1-7H3. The molecule has 2 aliphatic rings. The lowest BCUT2D eigenvalue weighted by Crippen LogP contribution is -2.40. The molecule has 0 N–H and O–H groups in total. The van der Waals surface area contributed by atoms with Crippen LogP contribution in [0.4, 0.5) is 4.79 Å². The van der Waals surface area contributed by atoms with Gasteiger partial charge in [0, 0.05) is 12.4 Å². The monoisotopic (exact) mass is 276 g/mol. The van der Waals surface area contributed by atoms with Crippen LogP contribution in [0.5, 0.6) is 0 Å². The lowest BCUT2D eigenvalue weighted by molar-refractivity contribution is 0.137. The normalized spacial score (nSPS) is 22.2. The largest absolute Gasteiger partial charge is 0.452 e. The number of hydrogen-bond acceptors (Lipinski definition) is 3. The van der Waals surface area contributed by atoms with Crippen LogP contribution in [0.3, 0.4) is 0 Å². The van der Waals surface area contributed by atoms with Crippen molar-refractivity contribution in [2.45, 2.75) is 47.6 Å². The van der Waals surface area contributed by atoms with E-state index in [1.807, 2.05) is 12.4 Å². The second-order valence-electron chi connectivity index (χ2n) is 7.42. The molecule has 0 aromatic heterocycles. The van der Waals surface area contributed by atoms with Gasteiger partial charge in [-0.15, -0.1) is 0 Å². The van der Waals surface area contributed by atoms with Crippen molar-refractivity contribution in [3.63, 3.8) is 0 Å². The Morgan fingerprint density at radius 1 is 1.20 bits per heavy atom. The molecule has 0 aromatic carbocycles. The van der Waals surface area contributed by atoms with Gasteiger partial charge < -0.3 is 4.74 Å². The molecular weight excluding hydrogens is 252 g/mol. The van der Waals surface area contributed by atoms with Gasteiger partial charge in [-0.05, 0) is 22.0 Å². The third-order valence-corrected chi connectivity index (χ3v) is 3.78. The third kappa shape index (κ3) is 2.28. The number of amides is 1. The summed E-state index contributed by atoms with van der Waals surface area (Å²) in [5.74, 6) is 0. The van der Waals surface area contributed by atoms with E-state index in [1.165, 1.54) is 7.11 Å². The second kappa shape index (κ2) is 4.47. The Morgan fingerprint density at radius 3 is 2.25 bits per heavy atom. The van der Waals surface area contributed by atoms with Crippen molar-refractivity contribution in [1.29, 1.82) is 0 Å². The van der Waals surface area contributed by atoms with Crippen LogP contribution in [-0.4, -0.2) is 29.9 Å². The molecule has 0 saturated carbocycles. The molecule has 0 fully saturated rings. The van der Waals surface area contributed by atoms with E-state index in [2.05, 4.69) is 46.5 Å². The SMILES string of the molecule is COC(=O)N1C=C(C(C)(C)C)C2=NC=C(C(C)(C)C)C21. The molecule has 1 amide bonds. The topological polar surface area (TPSA) is 41.9 Å². The molecule has 1 unspecified atom stereocenters. The maximum atomic E-state index is 12.1. The number of carbonyl (C=O) groups excluding carboxylic acids is 1. The van der Waals surface area contributed by atoms with Crippen LogP contribution in [0.1, 0.15) is 41.5 Å². The van der Waals surface area contributed by atoms with Gasteiger partial charge >= 0.3 is 6.09 Å². The molecule has 4 nitrogen and oxygen atoms in total. The minimum atomic E-state index is -0.334. The molecule has 4 heteroatoms. The van der Waals surface area contributed by atoms with Crippen LogP contribution in [0, 0.1) is 10.8 Å². The Hall–Kier alpha value is -1.58. The van der Waals surface area contributed by atoms with Gasteiger partial charge in [0.05, 0.1) is 12.8 Å². The lowest BCUT2D eigenvalue weighted by atomic mass is 9.78. The maximum Gasteiger partial charge on any atom is 0.414 e. The summed E-state index contributed by atoms with van der Waals surface area (Å²) in [6.45, 7) is 12.8. The van der Waals surface area contributed by atoms with Gasteiger partial charge in [-0.2, -0.15) is 0 Å². The van der Waals surface area contributed by atoms with Crippen molar-refractivity contribution in [2.24, 2.45) is 15.8 Å². The summed E-state index contributed by atoms with van der Waals surface area (Å²) in [6.07, 6.45) is 3.47. The summed E-state index contributed by atoms with van der Waals surface area (Å²) in [5, 5.41) is 0. The first-order valence-electron chi connectivity index (χ1n) is 6.94. The Labute approximate surface area is 121 Å². The first kappa shape index (κ1) is 14.8. The fourth-order valence-electron chi connectivity index (χ4n) is 2.65. The molecule has 110 valence electrons. The van der Waals surface area contributed by atoms with E-state index in [0.717, 1.165) is 16.9 Å². The van der Waals surface area contributed by atoms with Crippen LogP contribution in [0.15, 0.2) is 28.5 Å². The van der Waals surface area contributed by atoms with Gasteiger partial charge in [0.25, 0.3) is 0 Å². The Kier molecular flexibility index (Phi) is 3.31. The average Bonchev–Trinajstić information content (AvgIpc) is 2.83. The predicted octanol–water partition coefficient (Wildman–Crippen LogP) is 3.75.